The summed E-state index contributed by atoms with van der Waals surface area (Å²) in [5.41, 5.74) is -1.24. The summed E-state index contributed by atoms with van der Waals surface area (Å²) in [7, 11) is 0. The third-order valence-corrected chi connectivity index (χ3v) is 6.50. The Morgan fingerprint density at radius 2 is 2.07 bits per heavy atom. The number of carbonyl (C=O) groups is 1. The fourth-order valence-corrected chi connectivity index (χ4v) is 4.54. The summed E-state index contributed by atoms with van der Waals surface area (Å²) in [5.74, 6) is 2.00. The first-order chi connectivity index (χ1) is 13.4. The molecule has 1 spiro atoms. The van der Waals surface area contributed by atoms with Crippen LogP contribution in [-0.4, -0.2) is 63.0 Å². The Labute approximate surface area is 166 Å². The quantitative estimate of drug-likeness (QED) is 0.760. The highest BCUT2D eigenvalue weighted by Gasteiger charge is 2.53. The van der Waals surface area contributed by atoms with Crippen LogP contribution in [-0.2, 0) is 16.1 Å². The number of carbonyl (C=O) groups excluding carboxylic acids is 1. The van der Waals surface area contributed by atoms with Crippen molar-refractivity contribution in [2.24, 2.45) is 0 Å². The van der Waals surface area contributed by atoms with E-state index in [0.717, 1.165) is 51.0 Å². The van der Waals surface area contributed by atoms with Gasteiger partial charge in [-0.3, -0.25) is 9.69 Å². The predicted molar refractivity (Wildman–Crippen MR) is 102 cm³/mol. The molecule has 1 aromatic heterocycles. The number of hydrogen-bond acceptors (Lipinski definition) is 7. The van der Waals surface area contributed by atoms with E-state index in [1.165, 1.54) is 0 Å². The molecule has 2 aliphatic heterocycles. The van der Waals surface area contributed by atoms with Crippen LogP contribution in [0.1, 0.15) is 76.4 Å². The average molecular weight is 393 g/mol. The fourth-order valence-electron chi connectivity index (χ4n) is 4.54. The minimum absolute atomic E-state index is 0.00129. The van der Waals surface area contributed by atoms with E-state index < -0.39 is 17.2 Å². The smallest absolute Gasteiger partial charge is 0.240 e. The topological polar surface area (TPSA) is 101 Å². The van der Waals surface area contributed by atoms with Gasteiger partial charge >= 0.3 is 0 Å². The van der Waals surface area contributed by atoms with Crippen molar-refractivity contribution in [1.82, 2.24) is 20.4 Å². The maximum atomic E-state index is 12.1. The molecule has 0 unspecified atom stereocenters. The van der Waals surface area contributed by atoms with Gasteiger partial charge in [-0.05, 0) is 45.4 Å². The standard InChI is InChI=1S/C20H32N4O4/c1-3-4-15(25)22-19(2)9-12-27-20(18(19)26)7-10-24(11-8-20)13-16-21-17(23-28-16)14-5-6-14/h14,18,26H,3-13H2,1-2H3,(H,22,25)/t18-,19+/m0/s1. The number of aromatic nitrogens is 2. The van der Waals surface area contributed by atoms with E-state index in [-0.39, 0.29) is 5.91 Å². The first kappa shape index (κ1) is 19.8. The van der Waals surface area contributed by atoms with Crippen molar-refractivity contribution >= 4 is 5.91 Å². The van der Waals surface area contributed by atoms with Gasteiger partial charge in [0, 0.05) is 32.0 Å². The molecule has 28 heavy (non-hydrogen) atoms. The van der Waals surface area contributed by atoms with Crippen LogP contribution in [0, 0.1) is 0 Å². The van der Waals surface area contributed by atoms with Gasteiger partial charge in [0.25, 0.3) is 0 Å². The Morgan fingerprint density at radius 1 is 1.32 bits per heavy atom. The van der Waals surface area contributed by atoms with Crippen molar-refractivity contribution in [2.75, 3.05) is 19.7 Å². The van der Waals surface area contributed by atoms with Gasteiger partial charge in [0.15, 0.2) is 5.82 Å². The highest BCUT2D eigenvalue weighted by Crippen LogP contribution is 2.41. The van der Waals surface area contributed by atoms with Crippen LogP contribution in [0.15, 0.2) is 4.52 Å². The van der Waals surface area contributed by atoms with Crippen molar-refractivity contribution in [2.45, 2.75) is 88.5 Å². The Hall–Kier alpha value is -1.51. The molecular weight excluding hydrogens is 360 g/mol. The number of hydrogen-bond donors (Lipinski definition) is 2. The number of likely N-dealkylation sites (tertiary alicyclic amines) is 1. The van der Waals surface area contributed by atoms with Gasteiger partial charge < -0.3 is 19.7 Å². The Kier molecular flexibility index (Phi) is 5.46. The molecule has 1 aliphatic carbocycles. The summed E-state index contributed by atoms with van der Waals surface area (Å²) in [6.07, 6.45) is 4.95. The lowest BCUT2D eigenvalue weighted by molar-refractivity contribution is -0.208. The zero-order chi connectivity index (χ0) is 19.8. The van der Waals surface area contributed by atoms with E-state index in [1.807, 2.05) is 13.8 Å². The minimum Gasteiger partial charge on any atom is -0.388 e. The summed E-state index contributed by atoms with van der Waals surface area (Å²) in [4.78, 5) is 18.9. The summed E-state index contributed by atoms with van der Waals surface area (Å²) in [5, 5.41) is 18.3. The molecule has 3 aliphatic rings. The number of nitrogens with zero attached hydrogens (tertiary/aromatic N) is 3. The van der Waals surface area contributed by atoms with Gasteiger partial charge in [0.1, 0.15) is 6.10 Å². The van der Waals surface area contributed by atoms with Crippen LogP contribution < -0.4 is 5.32 Å². The maximum absolute atomic E-state index is 12.1. The van der Waals surface area contributed by atoms with Crippen LogP contribution >= 0.6 is 0 Å². The number of amides is 1. The van der Waals surface area contributed by atoms with Crippen LogP contribution in [0.25, 0.3) is 0 Å². The van der Waals surface area contributed by atoms with E-state index in [1.54, 1.807) is 0 Å². The zero-order valence-corrected chi connectivity index (χ0v) is 16.9. The van der Waals surface area contributed by atoms with Crippen LogP contribution in [0.2, 0.25) is 0 Å². The highest BCUT2D eigenvalue weighted by molar-refractivity contribution is 5.76. The van der Waals surface area contributed by atoms with Crippen molar-refractivity contribution < 1.29 is 19.2 Å². The number of piperidine rings is 1. The Bertz CT molecular complexity index is 696. The second-order valence-electron chi connectivity index (χ2n) is 8.88. The number of aliphatic hydroxyl groups is 1. The van der Waals surface area contributed by atoms with Crippen LogP contribution in [0.4, 0.5) is 0 Å². The third kappa shape index (κ3) is 3.95. The van der Waals surface area contributed by atoms with E-state index in [2.05, 4.69) is 20.4 Å². The van der Waals surface area contributed by atoms with Crippen molar-refractivity contribution in [3.8, 4) is 0 Å². The van der Waals surface area contributed by atoms with E-state index in [0.29, 0.717) is 37.8 Å². The summed E-state index contributed by atoms with van der Waals surface area (Å²) in [6.45, 7) is 6.69. The highest BCUT2D eigenvalue weighted by atomic mass is 16.5. The molecule has 0 bridgehead atoms. The zero-order valence-electron chi connectivity index (χ0n) is 16.9. The molecule has 4 rings (SSSR count). The molecule has 1 saturated carbocycles. The van der Waals surface area contributed by atoms with Gasteiger partial charge in [-0.25, -0.2) is 0 Å². The van der Waals surface area contributed by atoms with Crippen molar-refractivity contribution in [1.29, 1.82) is 0 Å². The third-order valence-electron chi connectivity index (χ3n) is 6.50. The molecule has 156 valence electrons. The molecule has 3 heterocycles. The van der Waals surface area contributed by atoms with Crippen molar-refractivity contribution in [3.05, 3.63) is 11.7 Å². The molecule has 2 saturated heterocycles. The number of aliphatic hydroxyl groups excluding tert-OH is 1. The first-order valence-electron chi connectivity index (χ1n) is 10.6. The molecule has 2 atom stereocenters. The molecule has 8 nitrogen and oxygen atoms in total. The lowest BCUT2D eigenvalue weighted by Gasteiger charge is -2.53. The van der Waals surface area contributed by atoms with Crippen LogP contribution in [0.5, 0.6) is 0 Å². The molecular formula is C20H32N4O4. The monoisotopic (exact) mass is 392 g/mol. The van der Waals surface area contributed by atoms with Gasteiger partial charge in [0.2, 0.25) is 11.8 Å². The Morgan fingerprint density at radius 3 is 2.75 bits per heavy atom. The van der Waals surface area contributed by atoms with Crippen molar-refractivity contribution in [3.63, 3.8) is 0 Å². The Balaban J connectivity index is 1.35. The predicted octanol–water partition coefficient (Wildman–Crippen LogP) is 1.74. The van der Waals surface area contributed by atoms with Gasteiger partial charge in [-0.15, -0.1) is 0 Å². The lowest BCUT2D eigenvalue weighted by Crippen LogP contribution is -2.69. The SMILES string of the molecule is CCCC(=O)N[C@]1(C)CCOC2(CCN(Cc3nc(C4CC4)no3)CC2)[C@H]1O. The molecule has 1 aromatic rings. The maximum Gasteiger partial charge on any atom is 0.240 e. The molecule has 8 heteroatoms. The molecule has 1 amide bonds. The van der Waals surface area contributed by atoms with E-state index in [4.69, 9.17) is 9.26 Å². The van der Waals surface area contributed by atoms with E-state index in [9.17, 15) is 9.90 Å². The van der Waals surface area contributed by atoms with Gasteiger partial charge in [0.05, 0.1) is 17.7 Å². The molecule has 0 radical (unpaired) electrons. The molecule has 2 N–H and O–H groups in total. The number of nitrogens with one attached hydrogen (secondary N) is 1. The number of ether oxygens (including phenoxy) is 1. The normalized spacial score (nSPS) is 30.5. The average Bonchev–Trinajstić information content (AvgIpc) is 3.41. The largest absolute Gasteiger partial charge is 0.388 e. The lowest BCUT2D eigenvalue weighted by atomic mass is 9.73. The summed E-state index contributed by atoms with van der Waals surface area (Å²) < 4.78 is 11.5. The second kappa shape index (κ2) is 7.72. The van der Waals surface area contributed by atoms with Gasteiger partial charge in [-0.2, -0.15) is 4.98 Å². The summed E-state index contributed by atoms with van der Waals surface area (Å²) >= 11 is 0. The number of rotatable bonds is 6. The first-order valence-corrected chi connectivity index (χ1v) is 10.6. The summed E-state index contributed by atoms with van der Waals surface area (Å²) in [6, 6.07) is 0. The van der Waals surface area contributed by atoms with Crippen LogP contribution in [0.3, 0.4) is 0 Å². The molecule has 3 fully saturated rings. The minimum atomic E-state index is -0.721. The second-order valence-corrected chi connectivity index (χ2v) is 8.88. The van der Waals surface area contributed by atoms with E-state index >= 15 is 0 Å². The van der Waals surface area contributed by atoms with Gasteiger partial charge in [-0.1, -0.05) is 12.1 Å². The fraction of sp³-hybridized carbons (Fsp3) is 0.850. The molecule has 0 aromatic carbocycles.